The molecule has 2 aliphatic rings. The highest BCUT2D eigenvalue weighted by Gasteiger charge is 2.36. The van der Waals surface area contributed by atoms with Crippen LogP contribution in [0, 0.1) is 23.2 Å². The van der Waals surface area contributed by atoms with Crippen LogP contribution in [0.2, 0.25) is 0 Å². The van der Waals surface area contributed by atoms with Gasteiger partial charge in [-0.15, -0.1) is 0 Å². The van der Waals surface area contributed by atoms with Gasteiger partial charge in [0, 0.05) is 10.9 Å². The number of carbonyl (C=O) groups is 2. The highest BCUT2D eigenvalue weighted by molar-refractivity contribution is 7.99. The van der Waals surface area contributed by atoms with Crippen LogP contribution in [0.4, 0.5) is 0 Å². The average Bonchev–Trinajstić information content (AvgIpc) is 3.20. The van der Waals surface area contributed by atoms with Crippen LogP contribution in [0.15, 0.2) is 44.6 Å². The molecule has 0 saturated heterocycles. The summed E-state index contributed by atoms with van der Waals surface area (Å²) in [5.74, 6) is 0.966. The number of fused-ring (bicyclic) bond motifs is 2. The summed E-state index contributed by atoms with van der Waals surface area (Å²) in [6.45, 7) is 5.14. The van der Waals surface area contributed by atoms with Gasteiger partial charge in [-0.1, -0.05) is 49.2 Å². The molecule has 3 atom stereocenters. The minimum absolute atomic E-state index is 0.0332. The first-order valence-electron chi connectivity index (χ1n) is 12.1. The molecule has 7 nitrogen and oxygen atoms in total. The van der Waals surface area contributed by atoms with Crippen LogP contribution in [-0.4, -0.2) is 34.8 Å². The Bertz CT molecular complexity index is 994. The molecule has 2 fully saturated rings. The molecule has 34 heavy (non-hydrogen) atoms. The largest absolute Gasteiger partial charge is 0.481 e. The molecule has 4 rings (SSSR count). The Morgan fingerprint density at radius 1 is 1.21 bits per heavy atom. The molecule has 8 heteroatoms. The normalized spacial score (nSPS) is 23.2. The molecule has 2 saturated carbocycles. The van der Waals surface area contributed by atoms with E-state index >= 15 is 0 Å². The second kappa shape index (κ2) is 10.4. The molecular formula is C26H34N2O5S. The van der Waals surface area contributed by atoms with Crippen LogP contribution in [0.25, 0.3) is 0 Å². The fourth-order valence-electron chi connectivity index (χ4n) is 5.09. The van der Waals surface area contributed by atoms with Gasteiger partial charge in [-0.2, -0.15) is 0 Å². The van der Waals surface area contributed by atoms with Crippen molar-refractivity contribution in [1.82, 2.24) is 10.5 Å². The lowest BCUT2D eigenvalue weighted by atomic mass is 9.66. The lowest BCUT2D eigenvalue weighted by molar-refractivity contribution is -0.148. The van der Waals surface area contributed by atoms with Crippen molar-refractivity contribution in [3.8, 4) is 5.88 Å². The lowest BCUT2D eigenvalue weighted by Gasteiger charge is -2.41. The van der Waals surface area contributed by atoms with Crippen LogP contribution in [0.1, 0.15) is 69.9 Å². The number of hydrogen-bond acceptors (Lipinski definition) is 6. The third-order valence-electron chi connectivity index (χ3n) is 7.17. The van der Waals surface area contributed by atoms with Gasteiger partial charge in [0.05, 0.1) is 5.41 Å². The van der Waals surface area contributed by atoms with E-state index in [9.17, 15) is 14.7 Å². The van der Waals surface area contributed by atoms with Crippen LogP contribution >= 0.6 is 11.8 Å². The molecule has 1 heterocycles. The predicted octanol–water partition coefficient (Wildman–Crippen LogP) is 5.65. The summed E-state index contributed by atoms with van der Waals surface area (Å²) < 4.78 is 11.2. The fraction of sp³-hybridized carbons (Fsp3) is 0.577. The molecule has 1 amide bonds. The van der Waals surface area contributed by atoms with Gasteiger partial charge in [0.25, 0.3) is 11.8 Å². The molecule has 2 bridgehead atoms. The topological polar surface area (TPSA) is 102 Å². The summed E-state index contributed by atoms with van der Waals surface area (Å²) >= 11 is 1.32. The minimum Gasteiger partial charge on any atom is -0.481 e. The van der Waals surface area contributed by atoms with E-state index in [-0.39, 0.29) is 30.2 Å². The Morgan fingerprint density at radius 3 is 2.53 bits per heavy atom. The van der Waals surface area contributed by atoms with Gasteiger partial charge >= 0.3 is 5.97 Å². The summed E-state index contributed by atoms with van der Waals surface area (Å²) in [5, 5.41) is 16.5. The van der Waals surface area contributed by atoms with E-state index in [1.54, 1.807) is 13.8 Å². The minimum atomic E-state index is -1.11. The Balaban J connectivity index is 1.50. The first-order chi connectivity index (χ1) is 16.2. The van der Waals surface area contributed by atoms with E-state index in [1.165, 1.54) is 50.3 Å². The Hall–Kier alpha value is -2.48. The maximum absolute atomic E-state index is 13.3. The standard InChI is InChI=1S/C26H34N2O5S/c1-16(19-13-17-8-7-9-18(12-17)14-19)27-23(29)21-22(34-20-10-5-4-6-11-20)24(28-33-21)32-15-26(2,3)25(30)31/h4-6,10-11,16-19H,7-9,12-15H2,1-3H3,(H,27,29)(H,30,31). The van der Waals surface area contributed by atoms with Gasteiger partial charge in [0.1, 0.15) is 11.5 Å². The molecule has 0 spiro atoms. The molecule has 0 aliphatic heterocycles. The van der Waals surface area contributed by atoms with Gasteiger partial charge in [0.2, 0.25) is 5.76 Å². The van der Waals surface area contributed by atoms with Crippen molar-refractivity contribution in [3.63, 3.8) is 0 Å². The highest BCUT2D eigenvalue weighted by atomic mass is 32.2. The van der Waals surface area contributed by atoms with Crippen molar-refractivity contribution in [3.05, 3.63) is 36.1 Å². The third-order valence-corrected chi connectivity index (χ3v) is 8.24. The number of carboxylic acids is 1. The second-order valence-electron chi connectivity index (χ2n) is 10.4. The van der Waals surface area contributed by atoms with Crippen molar-refractivity contribution in [2.45, 2.75) is 75.1 Å². The number of carboxylic acid groups (broad SMARTS) is 1. The van der Waals surface area contributed by atoms with Crippen molar-refractivity contribution >= 4 is 23.6 Å². The Kier molecular flexibility index (Phi) is 7.55. The van der Waals surface area contributed by atoms with E-state index in [1.807, 2.05) is 30.3 Å². The van der Waals surface area contributed by atoms with Crippen LogP contribution in [0.3, 0.4) is 0 Å². The summed E-state index contributed by atoms with van der Waals surface area (Å²) in [4.78, 5) is 26.1. The van der Waals surface area contributed by atoms with Gasteiger partial charge in [-0.05, 0) is 75.1 Å². The zero-order valence-corrected chi connectivity index (χ0v) is 20.9. The number of nitrogens with one attached hydrogen (secondary N) is 1. The monoisotopic (exact) mass is 486 g/mol. The van der Waals surface area contributed by atoms with E-state index in [4.69, 9.17) is 9.26 Å². The smallest absolute Gasteiger partial charge is 0.312 e. The van der Waals surface area contributed by atoms with Crippen LogP contribution < -0.4 is 10.1 Å². The van der Waals surface area contributed by atoms with Gasteiger partial charge in [-0.3, -0.25) is 9.59 Å². The average molecular weight is 487 g/mol. The first-order valence-corrected chi connectivity index (χ1v) is 12.9. The maximum Gasteiger partial charge on any atom is 0.312 e. The molecule has 2 N–H and O–H groups in total. The molecule has 3 unspecified atom stereocenters. The molecule has 1 aromatic heterocycles. The van der Waals surface area contributed by atoms with Gasteiger partial charge in [-0.25, -0.2) is 0 Å². The Labute approximate surface area is 205 Å². The van der Waals surface area contributed by atoms with Gasteiger partial charge < -0.3 is 19.7 Å². The summed E-state index contributed by atoms with van der Waals surface area (Å²) in [6, 6.07) is 9.61. The number of amides is 1. The number of rotatable bonds is 9. The number of hydrogen-bond donors (Lipinski definition) is 2. The molecule has 1 aromatic carbocycles. The second-order valence-corrected chi connectivity index (χ2v) is 11.5. The number of aromatic nitrogens is 1. The number of benzene rings is 1. The SMILES string of the molecule is CC(NC(=O)c1onc(OCC(C)(C)C(=O)O)c1Sc1ccccc1)C1CC2CCCC(C2)C1. The summed E-state index contributed by atoms with van der Waals surface area (Å²) in [7, 11) is 0. The van der Waals surface area contributed by atoms with Crippen molar-refractivity contribution in [2.24, 2.45) is 23.2 Å². The molecule has 0 radical (unpaired) electrons. The van der Waals surface area contributed by atoms with E-state index < -0.39 is 11.4 Å². The van der Waals surface area contributed by atoms with Crippen LogP contribution in [0.5, 0.6) is 5.88 Å². The fourth-order valence-corrected chi connectivity index (χ4v) is 6.03. The maximum atomic E-state index is 13.3. The number of aliphatic carboxylic acids is 1. The van der Waals surface area contributed by atoms with Crippen LogP contribution in [-0.2, 0) is 4.79 Å². The first kappa shape index (κ1) is 24.6. The third kappa shape index (κ3) is 5.77. The predicted molar refractivity (Wildman–Crippen MR) is 129 cm³/mol. The van der Waals surface area contributed by atoms with Crippen molar-refractivity contribution in [1.29, 1.82) is 0 Å². The molecule has 2 aliphatic carbocycles. The number of ether oxygens (including phenoxy) is 1. The molecule has 184 valence electrons. The zero-order valence-electron chi connectivity index (χ0n) is 20.1. The molecular weight excluding hydrogens is 452 g/mol. The highest BCUT2D eigenvalue weighted by Crippen LogP contribution is 2.44. The van der Waals surface area contributed by atoms with E-state index in [0.29, 0.717) is 10.8 Å². The number of nitrogens with zero attached hydrogens (tertiary/aromatic N) is 1. The zero-order chi connectivity index (χ0) is 24.3. The lowest BCUT2D eigenvalue weighted by Crippen LogP contribution is -2.42. The number of carbonyl (C=O) groups excluding carboxylic acids is 1. The van der Waals surface area contributed by atoms with Crippen molar-refractivity contribution < 1.29 is 24.0 Å². The Morgan fingerprint density at radius 2 is 1.88 bits per heavy atom. The summed E-state index contributed by atoms with van der Waals surface area (Å²) in [6.07, 6.45) is 7.62. The molecule has 2 aromatic rings. The van der Waals surface area contributed by atoms with Gasteiger partial charge in [0.15, 0.2) is 0 Å². The van der Waals surface area contributed by atoms with E-state index in [0.717, 1.165) is 16.7 Å². The van der Waals surface area contributed by atoms with E-state index in [2.05, 4.69) is 17.4 Å². The van der Waals surface area contributed by atoms with Crippen molar-refractivity contribution in [2.75, 3.05) is 6.61 Å². The quantitative estimate of drug-likeness (QED) is 0.472. The summed E-state index contributed by atoms with van der Waals surface area (Å²) in [5.41, 5.74) is -1.11.